The van der Waals surface area contributed by atoms with E-state index in [0.29, 0.717) is 16.7 Å². The number of nitrogens with two attached hydrogens (primary N) is 1. The van der Waals surface area contributed by atoms with E-state index >= 15 is 0 Å². The van der Waals surface area contributed by atoms with Crippen molar-refractivity contribution in [1.82, 2.24) is 4.57 Å². The summed E-state index contributed by atoms with van der Waals surface area (Å²) in [4.78, 5) is 25.3. The second kappa shape index (κ2) is 8.03. The Bertz CT molecular complexity index is 1000. The molecule has 0 atom stereocenters. The molecule has 0 saturated heterocycles. The van der Waals surface area contributed by atoms with E-state index in [1.807, 2.05) is 30.3 Å². The van der Waals surface area contributed by atoms with Crippen molar-refractivity contribution in [3.8, 4) is 11.4 Å². The molecule has 6 nitrogen and oxygen atoms in total. The van der Waals surface area contributed by atoms with Crippen LogP contribution in [0.2, 0.25) is 0 Å². The van der Waals surface area contributed by atoms with Crippen molar-refractivity contribution in [3.05, 3.63) is 70.0 Å². The first kappa shape index (κ1) is 19.5. The van der Waals surface area contributed by atoms with Gasteiger partial charge in [0.15, 0.2) is 5.43 Å². The van der Waals surface area contributed by atoms with E-state index in [2.05, 4.69) is 0 Å². The molecule has 2 aromatic carbocycles. The summed E-state index contributed by atoms with van der Waals surface area (Å²) in [7, 11) is 2.82. The molecule has 1 heterocycles. The topological polar surface area (TPSA) is 83.6 Å². The fourth-order valence-electron chi connectivity index (χ4n) is 2.89. The third kappa shape index (κ3) is 3.16. The molecule has 26 heavy (non-hydrogen) atoms. The zero-order valence-corrected chi connectivity index (χ0v) is 15.2. The minimum absolute atomic E-state index is 0. The van der Waals surface area contributed by atoms with Crippen LogP contribution in [-0.4, -0.2) is 24.8 Å². The lowest BCUT2D eigenvalue weighted by Crippen LogP contribution is -2.26. The average molecular weight is 375 g/mol. The van der Waals surface area contributed by atoms with Gasteiger partial charge in [-0.15, -0.1) is 12.4 Å². The van der Waals surface area contributed by atoms with E-state index in [-0.39, 0.29) is 35.6 Å². The molecule has 3 rings (SSSR count). The first-order valence-electron chi connectivity index (χ1n) is 7.71. The van der Waals surface area contributed by atoms with Crippen LogP contribution in [0.1, 0.15) is 16.1 Å². The Morgan fingerprint density at radius 2 is 1.81 bits per heavy atom. The number of rotatable bonds is 4. The maximum absolute atomic E-state index is 12.8. The number of hydrogen-bond donors (Lipinski definition) is 1. The van der Waals surface area contributed by atoms with Crippen LogP contribution in [0.15, 0.2) is 53.3 Å². The molecule has 3 aromatic rings. The van der Waals surface area contributed by atoms with E-state index < -0.39 is 5.97 Å². The molecule has 0 saturated carbocycles. The van der Waals surface area contributed by atoms with Crippen molar-refractivity contribution in [3.63, 3.8) is 0 Å². The monoisotopic (exact) mass is 374 g/mol. The van der Waals surface area contributed by atoms with E-state index in [1.54, 1.807) is 29.9 Å². The van der Waals surface area contributed by atoms with Gasteiger partial charge in [0.2, 0.25) is 0 Å². The highest BCUT2D eigenvalue weighted by atomic mass is 35.5. The van der Waals surface area contributed by atoms with E-state index in [4.69, 9.17) is 15.2 Å². The van der Waals surface area contributed by atoms with Crippen LogP contribution < -0.4 is 15.9 Å². The highest BCUT2D eigenvalue weighted by molar-refractivity contribution is 5.95. The number of carbonyl (C=O) groups is 1. The first-order chi connectivity index (χ1) is 12.1. The number of halogens is 1. The van der Waals surface area contributed by atoms with Gasteiger partial charge in [0, 0.05) is 29.2 Å². The zero-order chi connectivity index (χ0) is 18.0. The average Bonchev–Trinajstić information content (AvgIpc) is 2.67. The minimum Gasteiger partial charge on any atom is -0.497 e. The molecule has 136 valence electrons. The van der Waals surface area contributed by atoms with Gasteiger partial charge in [-0.3, -0.25) is 4.79 Å². The van der Waals surface area contributed by atoms with E-state index in [1.165, 1.54) is 7.11 Å². The largest absolute Gasteiger partial charge is 0.497 e. The number of carbonyl (C=O) groups excluding carboxylic acids is 1. The zero-order valence-electron chi connectivity index (χ0n) is 14.4. The second-order valence-electron chi connectivity index (χ2n) is 5.41. The lowest BCUT2D eigenvalue weighted by Gasteiger charge is -2.19. The normalized spacial score (nSPS) is 10.3. The number of pyridine rings is 1. The molecular weight excluding hydrogens is 356 g/mol. The van der Waals surface area contributed by atoms with Crippen LogP contribution in [0.5, 0.6) is 5.75 Å². The van der Waals surface area contributed by atoms with Crippen molar-refractivity contribution in [2.45, 2.75) is 6.54 Å². The smallest absolute Gasteiger partial charge is 0.355 e. The Kier molecular flexibility index (Phi) is 6.02. The Morgan fingerprint density at radius 1 is 1.12 bits per heavy atom. The number of hydrogen-bond acceptors (Lipinski definition) is 5. The van der Waals surface area contributed by atoms with Crippen molar-refractivity contribution in [1.29, 1.82) is 0 Å². The lowest BCUT2D eigenvalue weighted by atomic mass is 10.1. The van der Waals surface area contributed by atoms with E-state index in [0.717, 1.165) is 5.69 Å². The summed E-state index contributed by atoms with van der Waals surface area (Å²) in [5.74, 6) is -0.0426. The Hall–Kier alpha value is -2.83. The maximum atomic E-state index is 12.8. The Morgan fingerprint density at radius 3 is 2.38 bits per heavy atom. The van der Waals surface area contributed by atoms with Crippen molar-refractivity contribution in [2.24, 2.45) is 5.73 Å². The number of benzene rings is 2. The van der Waals surface area contributed by atoms with Gasteiger partial charge in [-0.1, -0.05) is 18.2 Å². The minimum atomic E-state index is -0.619. The molecule has 0 aliphatic rings. The fourth-order valence-corrected chi connectivity index (χ4v) is 2.89. The van der Waals surface area contributed by atoms with Crippen molar-refractivity contribution < 1.29 is 14.3 Å². The number of esters is 1. The summed E-state index contributed by atoms with van der Waals surface area (Å²) in [6, 6.07) is 14.4. The summed E-state index contributed by atoms with van der Waals surface area (Å²) >= 11 is 0. The van der Waals surface area contributed by atoms with Crippen LogP contribution in [0, 0.1) is 0 Å². The van der Waals surface area contributed by atoms with Gasteiger partial charge in [0.25, 0.3) is 0 Å². The molecule has 7 heteroatoms. The summed E-state index contributed by atoms with van der Waals surface area (Å²) in [5.41, 5.74) is 7.12. The standard InChI is InChI=1S/C19H18N2O4.ClH/c1-24-13-8-9-14-16(10-13)21(12-6-4-3-5-7-12)17(19(23)25-2)15(11-20)18(14)22;/h3-10H,11,20H2,1-2H3;1H. The van der Waals surface area contributed by atoms with Crippen molar-refractivity contribution >= 4 is 29.3 Å². The first-order valence-corrected chi connectivity index (χ1v) is 7.71. The summed E-state index contributed by atoms with van der Waals surface area (Å²) in [6.07, 6.45) is 0. The predicted molar refractivity (Wildman–Crippen MR) is 103 cm³/mol. The molecule has 0 aliphatic carbocycles. The van der Waals surface area contributed by atoms with Gasteiger partial charge < -0.3 is 19.8 Å². The summed E-state index contributed by atoms with van der Waals surface area (Å²) < 4.78 is 11.9. The SMILES string of the molecule is COC(=O)c1c(CN)c(=O)c2ccc(OC)cc2n1-c1ccccc1.Cl. The molecule has 0 fully saturated rings. The third-order valence-electron chi connectivity index (χ3n) is 4.07. The lowest BCUT2D eigenvalue weighted by molar-refractivity contribution is 0.0589. The number of nitrogens with zero attached hydrogens (tertiary/aromatic N) is 1. The summed E-state index contributed by atoms with van der Waals surface area (Å²) in [6.45, 7) is -0.0714. The molecule has 0 bridgehead atoms. The predicted octanol–water partition coefficient (Wildman–Crippen LogP) is 2.67. The van der Waals surface area contributed by atoms with Crippen molar-refractivity contribution in [2.75, 3.05) is 14.2 Å². The van der Waals surface area contributed by atoms with Gasteiger partial charge in [-0.2, -0.15) is 0 Å². The highest BCUT2D eigenvalue weighted by Gasteiger charge is 2.23. The van der Waals surface area contributed by atoms with Gasteiger partial charge in [0.05, 0.1) is 19.7 Å². The molecule has 1 aromatic heterocycles. The van der Waals surface area contributed by atoms with Gasteiger partial charge in [-0.25, -0.2) is 4.79 Å². The number of methoxy groups -OCH3 is 2. The Labute approximate surface area is 156 Å². The van der Waals surface area contributed by atoms with Gasteiger partial charge in [-0.05, 0) is 24.3 Å². The molecule has 0 spiro atoms. The number of para-hydroxylation sites is 1. The van der Waals surface area contributed by atoms with Crippen LogP contribution in [0.3, 0.4) is 0 Å². The number of ether oxygens (including phenoxy) is 2. The fraction of sp³-hybridized carbons (Fsp3) is 0.158. The van der Waals surface area contributed by atoms with Gasteiger partial charge >= 0.3 is 5.97 Å². The quantitative estimate of drug-likeness (QED) is 0.710. The molecule has 0 amide bonds. The molecule has 0 aliphatic heterocycles. The van der Waals surface area contributed by atoms with Crippen LogP contribution in [0.4, 0.5) is 0 Å². The van der Waals surface area contributed by atoms with Crippen LogP contribution in [0.25, 0.3) is 16.6 Å². The second-order valence-corrected chi connectivity index (χ2v) is 5.41. The van der Waals surface area contributed by atoms with E-state index in [9.17, 15) is 9.59 Å². The highest BCUT2D eigenvalue weighted by Crippen LogP contribution is 2.25. The number of fused-ring (bicyclic) bond motifs is 1. The van der Waals surface area contributed by atoms with Gasteiger partial charge in [0.1, 0.15) is 11.4 Å². The Balaban J connectivity index is 0.00000243. The molecule has 0 radical (unpaired) electrons. The van der Waals surface area contributed by atoms with Crippen LogP contribution >= 0.6 is 12.4 Å². The third-order valence-corrected chi connectivity index (χ3v) is 4.07. The summed E-state index contributed by atoms with van der Waals surface area (Å²) in [5, 5.41) is 0.456. The number of aromatic nitrogens is 1. The van der Waals surface area contributed by atoms with Crippen LogP contribution in [-0.2, 0) is 11.3 Å². The molecular formula is C19H19ClN2O4. The molecule has 2 N–H and O–H groups in total. The maximum Gasteiger partial charge on any atom is 0.355 e. The molecule has 0 unspecified atom stereocenters.